The van der Waals surface area contributed by atoms with Gasteiger partial charge in [0, 0.05) is 11.8 Å². The molecule has 160 valence electrons. The minimum atomic E-state index is -5.08. The zero-order valence-electron chi connectivity index (χ0n) is 16.2. The molecule has 0 aromatic rings. The number of halogens is 3. The highest BCUT2D eigenvalue weighted by molar-refractivity contribution is 7.99. The average Bonchev–Trinajstić information content (AvgIpc) is 3.01. The van der Waals surface area contributed by atoms with Gasteiger partial charge in [0.05, 0.1) is 18.5 Å². The number of rotatable bonds is 3. The van der Waals surface area contributed by atoms with Crippen LogP contribution in [0.4, 0.5) is 13.2 Å². The fourth-order valence-corrected chi connectivity index (χ4v) is 4.82. The van der Waals surface area contributed by atoms with Crippen LogP contribution in [0.1, 0.15) is 40.0 Å². The Hall–Kier alpha value is -1.51. The molecule has 2 rings (SSSR count). The van der Waals surface area contributed by atoms with Crippen LogP contribution in [0.15, 0.2) is 0 Å². The van der Waals surface area contributed by atoms with Crippen molar-refractivity contribution in [3.63, 3.8) is 0 Å². The molecule has 11 heteroatoms. The van der Waals surface area contributed by atoms with Crippen molar-refractivity contribution >= 4 is 23.6 Å². The number of thioether (sulfide) groups is 1. The Labute approximate surface area is 167 Å². The second kappa shape index (κ2) is 9.80. The molecular formula is C17H27F3N4O3S. The molecule has 0 radical (unpaired) electrons. The van der Waals surface area contributed by atoms with Crippen LogP contribution in [-0.2, 0) is 9.59 Å². The Morgan fingerprint density at radius 1 is 1.39 bits per heavy atom. The van der Waals surface area contributed by atoms with E-state index in [1.54, 1.807) is 21.7 Å². The predicted octanol–water partition coefficient (Wildman–Crippen LogP) is 2.44. The summed E-state index contributed by atoms with van der Waals surface area (Å²) in [6.45, 7) is 7.01. The summed E-state index contributed by atoms with van der Waals surface area (Å²) in [5.41, 5.74) is 0.279. The number of amides is 1. The zero-order chi connectivity index (χ0) is 21.7. The number of hydrazine groups is 1. The van der Waals surface area contributed by atoms with Crippen LogP contribution >= 0.6 is 11.8 Å². The lowest BCUT2D eigenvalue weighted by atomic mass is 9.70. The monoisotopic (exact) mass is 424 g/mol. The van der Waals surface area contributed by atoms with Crippen molar-refractivity contribution in [2.24, 2.45) is 17.2 Å². The van der Waals surface area contributed by atoms with E-state index >= 15 is 0 Å². The second-order valence-electron chi connectivity index (χ2n) is 8.05. The lowest BCUT2D eigenvalue weighted by Crippen LogP contribution is -2.52. The van der Waals surface area contributed by atoms with E-state index in [4.69, 9.17) is 21.0 Å². The number of carbonyl (C=O) groups excluding carboxylic acids is 1. The molecule has 28 heavy (non-hydrogen) atoms. The normalized spacial score (nSPS) is 27.0. The highest BCUT2D eigenvalue weighted by Gasteiger charge is 2.38. The SMILES string of the molecule is CC1CC(N(N)CC(=O)N2CSCC2C#N)CC(C)(C)C1.O=C(O)C(F)(F)F. The third kappa shape index (κ3) is 7.48. The number of hydrogen-bond acceptors (Lipinski definition) is 6. The van der Waals surface area contributed by atoms with Crippen LogP contribution in [-0.4, -0.2) is 63.3 Å². The van der Waals surface area contributed by atoms with Crippen LogP contribution in [0.5, 0.6) is 0 Å². The number of alkyl halides is 3. The van der Waals surface area contributed by atoms with Crippen LogP contribution in [0.2, 0.25) is 0 Å². The number of nitrogens with zero attached hydrogens (tertiary/aromatic N) is 3. The Kier molecular flexibility index (Phi) is 8.59. The van der Waals surface area contributed by atoms with Gasteiger partial charge in [-0.1, -0.05) is 20.8 Å². The van der Waals surface area contributed by atoms with E-state index in [0.29, 0.717) is 17.5 Å². The minimum absolute atomic E-state index is 0.0231. The van der Waals surface area contributed by atoms with E-state index < -0.39 is 12.1 Å². The first-order valence-electron chi connectivity index (χ1n) is 8.85. The molecule has 1 aliphatic heterocycles. The Morgan fingerprint density at radius 2 is 1.96 bits per heavy atom. The molecule has 7 nitrogen and oxygen atoms in total. The van der Waals surface area contributed by atoms with Crippen LogP contribution in [0, 0.1) is 22.7 Å². The standard InChI is InChI=1S/C15H26N4OS.C2HF3O2/c1-11-4-12(6-15(2,3)5-11)19(17)8-14(20)18-10-21-9-13(18)7-16;3-2(4,5)1(6)7/h11-13H,4-6,8-10,17H2,1-3H3;(H,6,7). The summed E-state index contributed by atoms with van der Waals surface area (Å²) in [6.07, 6.45) is -1.80. The molecule has 1 amide bonds. The largest absolute Gasteiger partial charge is 0.490 e. The summed E-state index contributed by atoms with van der Waals surface area (Å²) in [5.74, 6) is 5.35. The lowest BCUT2D eigenvalue weighted by molar-refractivity contribution is -0.192. The average molecular weight is 424 g/mol. The maximum atomic E-state index is 12.4. The van der Waals surface area contributed by atoms with Gasteiger partial charge in [0.1, 0.15) is 6.04 Å². The van der Waals surface area contributed by atoms with Crippen LogP contribution < -0.4 is 5.84 Å². The van der Waals surface area contributed by atoms with Gasteiger partial charge in [-0.05, 0) is 30.6 Å². The molecule has 0 aromatic carbocycles. The molecule has 2 fully saturated rings. The summed E-state index contributed by atoms with van der Waals surface area (Å²) < 4.78 is 31.7. The molecule has 1 saturated carbocycles. The van der Waals surface area contributed by atoms with Crippen LogP contribution in [0.3, 0.4) is 0 Å². The fraction of sp³-hybridized carbons (Fsp3) is 0.824. The molecule has 0 aromatic heterocycles. The van der Waals surface area contributed by atoms with E-state index in [2.05, 4.69) is 26.8 Å². The van der Waals surface area contributed by atoms with E-state index in [9.17, 15) is 18.0 Å². The maximum absolute atomic E-state index is 12.4. The number of nitrogens with two attached hydrogens (primary N) is 1. The summed E-state index contributed by atoms with van der Waals surface area (Å²) in [6, 6.07) is 2.15. The van der Waals surface area contributed by atoms with Crippen molar-refractivity contribution in [1.82, 2.24) is 9.91 Å². The van der Waals surface area contributed by atoms with E-state index in [1.807, 2.05) is 0 Å². The molecule has 1 saturated heterocycles. The molecule has 1 aliphatic carbocycles. The van der Waals surface area contributed by atoms with Crippen molar-refractivity contribution in [2.75, 3.05) is 18.2 Å². The quantitative estimate of drug-likeness (QED) is 0.529. The van der Waals surface area contributed by atoms with Gasteiger partial charge in [-0.2, -0.15) is 18.4 Å². The number of carboxylic acids is 1. The smallest absolute Gasteiger partial charge is 0.475 e. The van der Waals surface area contributed by atoms with E-state index in [0.717, 1.165) is 12.8 Å². The molecule has 3 unspecified atom stereocenters. The number of hydrogen-bond donors (Lipinski definition) is 2. The maximum Gasteiger partial charge on any atom is 0.490 e. The molecule has 0 spiro atoms. The van der Waals surface area contributed by atoms with Crippen molar-refractivity contribution in [3.8, 4) is 6.07 Å². The Balaban J connectivity index is 0.000000480. The molecule has 3 N–H and O–H groups in total. The molecule has 0 bridgehead atoms. The first-order chi connectivity index (χ1) is 12.8. The topological polar surface area (TPSA) is 111 Å². The van der Waals surface area contributed by atoms with E-state index in [-0.39, 0.29) is 30.0 Å². The highest BCUT2D eigenvalue weighted by Crippen LogP contribution is 2.39. The third-order valence-electron chi connectivity index (χ3n) is 4.74. The Bertz CT molecular complexity index is 609. The summed E-state index contributed by atoms with van der Waals surface area (Å²) >= 11 is 1.63. The number of carbonyl (C=O) groups is 2. The zero-order valence-corrected chi connectivity index (χ0v) is 17.0. The summed E-state index contributed by atoms with van der Waals surface area (Å²) in [4.78, 5) is 22.9. The highest BCUT2D eigenvalue weighted by atomic mass is 32.2. The minimum Gasteiger partial charge on any atom is -0.475 e. The first-order valence-corrected chi connectivity index (χ1v) is 10.0. The van der Waals surface area contributed by atoms with Crippen molar-refractivity contribution in [3.05, 3.63) is 0 Å². The van der Waals surface area contributed by atoms with Gasteiger partial charge >= 0.3 is 12.1 Å². The lowest BCUT2D eigenvalue weighted by Gasteiger charge is -2.42. The van der Waals surface area contributed by atoms with Gasteiger partial charge in [-0.15, -0.1) is 11.8 Å². The number of carboxylic acid groups (broad SMARTS) is 1. The molecular weight excluding hydrogens is 397 g/mol. The van der Waals surface area contributed by atoms with Crippen molar-refractivity contribution in [2.45, 2.75) is 58.3 Å². The van der Waals surface area contributed by atoms with Crippen LogP contribution in [0.25, 0.3) is 0 Å². The number of aliphatic carboxylic acids is 1. The van der Waals surface area contributed by atoms with Gasteiger partial charge in [-0.25, -0.2) is 9.80 Å². The number of nitriles is 1. The molecule has 3 atom stereocenters. The van der Waals surface area contributed by atoms with Crippen molar-refractivity contribution < 1.29 is 27.9 Å². The van der Waals surface area contributed by atoms with Gasteiger partial charge in [0.15, 0.2) is 0 Å². The molecule has 2 aliphatic rings. The second-order valence-corrected chi connectivity index (χ2v) is 9.05. The van der Waals surface area contributed by atoms with Gasteiger partial charge in [0.2, 0.25) is 5.91 Å². The first kappa shape index (κ1) is 24.5. The third-order valence-corrected chi connectivity index (χ3v) is 5.76. The predicted molar refractivity (Wildman–Crippen MR) is 98.7 cm³/mol. The van der Waals surface area contributed by atoms with E-state index in [1.165, 1.54) is 6.42 Å². The van der Waals surface area contributed by atoms with Gasteiger partial charge in [-0.3, -0.25) is 10.6 Å². The summed E-state index contributed by atoms with van der Waals surface area (Å²) in [5, 5.41) is 17.9. The fourth-order valence-electron chi connectivity index (χ4n) is 3.72. The molecule has 1 heterocycles. The Morgan fingerprint density at radius 3 is 2.43 bits per heavy atom. The summed E-state index contributed by atoms with van der Waals surface area (Å²) in [7, 11) is 0. The van der Waals surface area contributed by atoms with Gasteiger partial charge < -0.3 is 10.0 Å². The van der Waals surface area contributed by atoms with Crippen molar-refractivity contribution in [1.29, 1.82) is 5.26 Å². The van der Waals surface area contributed by atoms with Gasteiger partial charge in [0.25, 0.3) is 0 Å².